The van der Waals surface area contributed by atoms with Gasteiger partial charge in [-0.05, 0) is 40.0 Å². The third kappa shape index (κ3) is 3.00. The molecule has 0 saturated heterocycles. The van der Waals surface area contributed by atoms with E-state index in [0.29, 0.717) is 28.8 Å². The second-order valence-electron chi connectivity index (χ2n) is 5.98. The van der Waals surface area contributed by atoms with E-state index in [4.69, 9.17) is 5.53 Å². The average Bonchev–Trinajstić information content (AvgIpc) is 3.14. The number of azide groups is 1. The molecule has 1 aromatic heterocycles. The molecular weight excluding hydrogens is 427 g/mol. The van der Waals surface area contributed by atoms with Crippen LogP contribution in [0.1, 0.15) is 29.9 Å². The zero-order chi connectivity index (χ0) is 19.1. The average molecular weight is 438 g/mol. The van der Waals surface area contributed by atoms with Gasteiger partial charge in [0.1, 0.15) is 17.4 Å². The summed E-state index contributed by atoms with van der Waals surface area (Å²) in [5.74, 6) is 0.0165. The Balaban J connectivity index is 1.93. The molecule has 0 fully saturated rings. The van der Waals surface area contributed by atoms with Crippen molar-refractivity contribution in [3.05, 3.63) is 68.5 Å². The van der Waals surface area contributed by atoms with Gasteiger partial charge in [0.05, 0.1) is 27.6 Å². The highest BCUT2D eigenvalue weighted by Gasteiger charge is 2.36. The maximum Gasteiger partial charge on any atom is 0.387 e. The number of rotatable bonds is 4. The van der Waals surface area contributed by atoms with Gasteiger partial charge in [0, 0.05) is 16.5 Å². The molecule has 0 N–H and O–H groups in total. The lowest BCUT2D eigenvalue weighted by Crippen LogP contribution is -2.10. The van der Waals surface area contributed by atoms with Gasteiger partial charge in [0.2, 0.25) is 0 Å². The molecule has 0 saturated carbocycles. The molecule has 0 aliphatic carbocycles. The second-order valence-corrected chi connectivity index (χ2v) is 6.84. The van der Waals surface area contributed by atoms with Crippen molar-refractivity contribution in [2.45, 2.75) is 25.1 Å². The number of aromatic nitrogens is 2. The lowest BCUT2D eigenvalue weighted by atomic mass is 10.0. The topological polar surface area (TPSA) is 75.8 Å². The highest BCUT2D eigenvalue weighted by atomic mass is 79.9. The van der Waals surface area contributed by atoms with Crippen molar-refractivity contribution in [1.29, 1.82) is 0 Å². The van der Waals surface area contributed by atoms with Crippen molar-refractivity contribution in [2.75, 3.05) is 0 Å². The monoisotopic (exact) mass is 437 g/mol. The van der Waals surface area contributed by atoms with E-state index in [0.717, 1.165) is 0 Å². The van der Waals surface area contributed by atoms with E-state index < -0.39 is 24.5 Å². The predicted octanol–water partition coefficient (Wildman–Crippen LogP) is 5.88. The summed E-state index contributed by atoms with van der Waals surface area (Å²) in [4.78, 5) is 7.27. The first-order valence-corrected chi connectivity index (χ1v) is 8.73. The van der Waals surface area contributed by atoms with E-state index in [2.05, 4.69) is 35.7 Å². The van der Waals surface area contributed by atoms with E-state index in [9.17, 15) is 13.2 Å². The molecule has 4 rings (SSSR count). The third-order valence-corrected chi connectivity index (χ3v) is 5.11. The molecule has 10 heteroatoms. The largest absolute Gasteiger partial charge is 0.434 e. The maximum absolute atomic E-state index is 13.9. The molecule has 2 aromatic carbocycles. The van der Waals surface area contributed by atoms with Gasteiger partial charge in [-0.2, -0.15) is 8.78 Å². The fraction of sp³-hybridized carbons (Fsp3) is 0.235. The van der Waals surface area contributed by atoms with Crippen LogP contribution in [0.15, 0.2) is 46.0 Å². The quantitative estimate of drug-likeness (QED) is 0.290. The standard InChI is InChI=1S/C17H11BrF3N5O/c18-9-5-14-11(6-10(9)19)23-16-12(24-25-22)7-13(26(14)16)8-3-1-2-4-15(8)27-17(20)21/h1-6,12-13,17H,7H2/t12?,13-/m1/s1. The van der Waals surface area contributed by atoms with Crippen LogP contribution >= 0.6 is 15.9 Å². The number of para-hydroxylation sites is 1. The summed E-state index contributed by atoms with van der Waals surface area (Å²) in [5.41, 5.74) is 10.4. The number of ether oxygens (including phenoxy) is 1. The molecule has 27 heavy (non-hydrogen) atoms. The Morgan fingerprint density at radius 2 is 2.11 bits per heavy atom. The van der Waals surface area contributed by atoms with Gasteiger partial charge >= 0.3 is 6.61 Å². The highest BCUT2D eigenvalue weighted by Crippen LogP contribution is 2.46. The minimum atomic E-state index is -2.97. The molecule has 0 bridgehead atoms. The van der Waals surface area contributed by atoms with Crippen LogP contribution in [0, 0.1) is 5.82 Å². The molecular formula is C17H11BrF3N5O. The predicted molar refractivity (Wildman–Crippen MR) is 95.1 cm³/mol. The first-order valence-electron chi connectivity index (χ1n) is 7.94. The van der Waals surface area contributed by atoms with E-state index in [1.165, 1.54) is 12.1 Å². The summed E-state index contributed by atoms with van der Waals surface area (Å²) in [6, 6.07) is 8.23. The van der Waals surface area contributed by atoms with Crippen LogP contribution in [-0.4, -0.2) is 16.2 Å². The van der Waals surface area contributed by atoms with Gasteiger partial charge < -0.3 is 9.30 Å². The van der Waals surface area contributed by atoms with Crippen LogP contribution in [0.3, 0.4) is 0 Å². The van der Waals surface area contributed by atoms with E-state index >= 15 is 0 Å². The molecule has 0 amide bonds. The minimum Gasteiger partial charge on any atom is -0.434 e. The summed E-state index contributed by atoms with van der Waals surface area (Å²) in [7, 11) is 0. The molecule has 1 aliphatic heterocycles. The van der Waals surface area contributed by atoms with Gasteiger partial charge in [-0.15, -0.1) is 0 Å². The van der Waals surface area contributed by atoms with Crippen molar-refractivity contribution in [2.24, 2.45) is 5.11 Å². The zero-order valence-electron chi connectivity index (χ0n) is 13.6. The van der Waals surface area contributed by atoms with Gasteiger partial charge in [0.15, 0.2) is 0 Å². The van der Waals surface area contributed by atoms with Gasteiger partial charge in [-0.3, -0.25) is 0 Å². The van der Waals surface area contributed by atoms with Crippen LogP contribution in [0.4, 0.5) is 13.2 Å². The lowest BCUT2D eigenvalue weighted by molar-refractivity contribution is -0.0506. The minimum absolute atomic E-state index is 0.0352. The summed E-state index contributed by atoms with van der Waals surface area (Å²) < 4.78 is 46.2. The molecule has 2 heterocycles. The molecule has 1 aliphatic rings. The van der Waals surface area contributed by atoms with Crippen molar-refractivity contribution >= 4 is 27.0 Å². The molecule has 3 aromatic rings. The number of hydrogen-bond acceptors (Lipinski definition) is 3. The van der Waals surface area contributed by atoms with Gasteiger partial charge in [0.25, 0.3) is 0 Å². The number of benzene rings is 2. The number of alkyl halides is 2. The number of imidazole rings is 1. The van der Waals surface area contributed by atoms with Crippen LogP contribution in [0.5, 0.6) is 5.75 Å². The maximum atomic E-state index is 13.9. The smallest absolute Gasteiger partial charge is 0.387 e. The van der Waals surface area contributed by atoms with Crippen molar-refractivity contribution in [1.82, 2.24) is 9.55 Å². The summed E-state index contributed by atoms with van der Waals surface area (Å²) in [6.07, 6.45) is 0.334. The van der Waals surface area contributed by atoms with Crippen LogP contribution in [0.2, 0.25) is 0 Å². The fourth-order valence-electron chi connectivity index (χ4n) is 3.48. The van der Waals surface area contributed by atoms with Gasteiger partial charge in [-0.1, -0.05) is 23.3 Å². The number of fused-ring (bicyclic) bond motifs is 3. The second kappa shape index (κ2) is 6.79. The molecule has 2 atom stereocenters. The molecule has 6 nitrogen and oxygen atoms in total. The van der Waals surface area contributed by atoms with Crippen LogP contribution in [0.25, 0.3) is 21.5 Å². The summed E-state index contributed by atoms with van der Waals surface area (Å²) in [6.45, 7) is -2.97. The fourth-order valence-corrected chi connectivity index (χ4v) is 3.81. The van der Waals surface area contributed by atoms with E-state index in [1.807, 2.05) is 0 Å². The summed E-state index contributed by atoms with van der Waals surface area (Å²) in [5, 5.41) is 3.77. The Bertz CT molecular complexity index is 1080. The molecule has 138 valence electrons. The Morgan fingerprint density at radius 1 is 1.33 bits per heavy atom. The Hall–Kier alpha value is -2.71. The Labute approximate surface area is 159 Å². The first-order chi connectivity index (χ1) is 13.0. The SMILES string of the molecule is [N-]=[N+]=NC1C[C@H](c2ccccc2OC(F)F)n2c1nc1cc(F)c(Br)cc12. The van der Waals surface area contributed by atoms with Crippen molar-refractivity contribution in [3.8, 4) is 5.75 Å². The third-order valence-electron chi connectivity index (χ3n) is 4.50. The van der Waals surface area contributed by atoms with Gasteiger partial charge in [-0.25, -0.2) is 9.37 Å². The molecule has 0 spiro atoms. The number of nitrogens with zero attached hydrogens (tertiary/aromatic N) is 5. The van der Waals surface area contributed by atoms with Crippen LogP contribution < -0.4 is 4.74 Å². The normalized spacial score (nSPS) is 18.6. The summed E-state index contributed by atoms with van der Waals surface area (Å²) >= 11 is 3.16. The molecule has 1 unspecified atom stereocenters. The van der Waals surface area contributed by atoms with Crippen molar-refractivity contribution < 1.29 is 17.9 Å². The Morgan fingerprint density at radius 3 is 2.85 bits per heavy atom. The van der Waals surface area contributed by atoms with Crippen LogP contribution in [-0.2, 0) is 0 Å². The van der Waals surface area contributed by atoms with E-state index in [-0.39, 0.29) is 10.2 Å². The molecule has 0 radical (unpaired) electrons. The zero-order valence-corrected chi connectivity index (χ0v) is 15.1. The number of hydrogen-bond donors (Lipinski definition) is 0. The van der Waals surface area contributed by atoms with E-state index in [1.54, 1.807) is 28.8 Å². The van der Waals surface area contributed by atoms with Crippen molar-refractivity contribution in [3.63, 3.8) is 0 Å². The number of halogens is 4. The Kier molecular flexibility index (Phi) is 4.45. The first kappa shape index (κ1) is 17.7. The highest BCUT2D eigenvalue weighted by molar-refractivity contribution is 9.10. The lowest BCUT2D eigenvalue weighted by Gasteiger charge is -2.19.